The molecular weight excluding hydrogens is 344 g/mol. The van der Waals surface area contributed by atoms with Crippen LogP contribution in [0.2, 0.25) is 0 Å². The van der Waals surface area contributed by atoms with Gasteiger partial charge in [0.15, 0.2) is 10.1 Å². The number of carbonyl (C=O) groups is 1. The lowest BCUT2D eigenvalue weighted by atomic mass is 10.1. The lowest BCUT2D eigenvalue weighted by Crippen LogP contribution is -2.12. The summed E-state index contributed by atoms with van der Waals surface area (Å²) in [6.45, 7) is 3.19. The molecule has 1 aromatic carbocycles. The third-order valence-corrected chi connectivity index (χ3v) is 5.56. The number of hydrogen-bond donors (Lipinski definition) is 2. The second-order valence-electron chi connectivity index (χ2n) is 5.16. The number of anilines is 1. The maximum atomic E-state index is 12.7. The fourth-order valence-electron chi connectivity index (χ4n) is 2.29. The molecule has 2 heterocycles. The van der Waals surface area contributed by atoms with Crippen LogP contribution < -0.4 is 5.32 Å². The van der Waals surface area contributed by atoms with E-state index in [9.17, 15) is 4.79 Å². The van der Waals surface area contributed by atoms with Gasteiger partial charge in [0, 0.05) is 36.3 Å². The van der Waals surface area contributed by atoms with Crippen molar-refractivity contribution in [1.82, 2.24) is 15.2 Å². The highest BCUT2D eigenvalue weighted by Gasteiger charge is 2.21. The summed E-state index contributed by atoms with van der Waals surface area (Å²) in [7, 11) is 1.65. The van der Waals surface area contributed by atoms with E-state index in [0.717, 1.165) is 20.4 Å². The van der Waals surface area contributed by atoms with Gasteiger partial charge in [0.25, 0.3) is 0 Å². The Hall–Kier alpha value is -1.90. The summed E-state index contributed by atoms with van der Waals surface area (Å²) in [6.07, 6.45) is 1.78. The number of ketones is 1. The van der Waals surface area contributed by atoms with E-state index < -0.39 is 0 Å². The second kappa shape index (κ2) is 7.78. The average molecular weight is 362 g/mol. The van der Waals surface area contributed by atoms with Gasteiger partial charge in [-0.2, -0.15) is 0 Å². The fraction of sp³-hybridized carbons (Fsp3) is 0.312. The maximum Gasteiger partial charge on any atom is 0.206 e. The second-order valence-corrected chi connectivity index (χ2v) is 7.73. The largest absolute Gasteiger partial charge is 0.383 e. The molecule has 0 amide bonds. The highest BCUT2D eigenvalue weighted by molar-refractivity contribution is 8.02. The Bertz CT molecular complexity index is 830. The zero-order valence-corrected chi connectivity index (χ0v) is 15.0. The van der Waals surface area contributed by atoms with E-state index in [4.69, 9.17) is 4.74 Å². The zero-order chi connectivity index (χ0) is 16.9. The molecule has 0 saturated heterocycles. The molecule has 2 aromatic heterocycles. The number of benzene rings is 1. The van der Waals surface area contributed by atoms with Gasteiger partial charge < -0.3 is 15.0 Å². The summed E-state index contributed by atoms with van der Waals surface area (Å²) in [5, 5.41) is 12.8. The number of aromatic nitrogens is 3. The quantitative estimate of drug-likeness (QED) is 0.363. The van der Waals surface area contributed by atoms with Gasteiger partial charge >= 0.3 is 0 Å². The Balaban J connectivity index is 1.66. The average Bonchev–Trinajstić information content (AvgIpc) is 3.21. The number of fused-ring (bicyclic) bond motifs is 1. The van der Waals surface area contributed by atoms with Crippen LogP contribution in [0.15, 0.2) is 34.8 Å². The van der Waals surface area contributed by atoms with Crippen LogP contribution in [0.4, 0.5) is 5.13 Å². The number of methoxy groups -OCH3 is 1. The molecule has 6 nitrogen and oxygen atoms in total. The van der Waals surface area contributed by atoms with Crippen molar-refractivity contribution in [2.45, 2.75) is 16.5 Å². The van der Waals surface area contributed by atoms with Crippen LogP contribution in [0, 0.1) is 0 Å². The van der Waals surface area contributed by atoms with Gasteiger partial charge in [-0.1, -0.05) is 41.3 Å². The molecule has 0 spiro atoms. The van der Waals surface area contributed by atoms with Gasteiger partial charge in [-0.15, -0.1) is 10.2 Å². The molecule has 0 bridgehead atoms. The summed E-state index contributed by atoms with van der Waals surface area (Å²) in [6, 6.07) is 7.81. The van der Waals surface area contributed by atoms with Crippen molar-refractivity contribution < 1.29 is 9.53 Å². The van der Waals surface area contributed by atoms with Crippen LogP contribution in [0.1, 0.15) is 17.3 Å². The first-order chi connectivity index (χ1) is 11.7. The van der Waals surface area contributed by atoms with Crippen molar-refractivity contribution in [3.8, 4) is 0 Å². The summed E-state index contributed by atoms with van der Waals surface area (Å²) in [5.74, 6) is 0.0848. The summed E-state index contributed by atoms with van der Waals surface area (Å²) in [4.78, 5) is 15.9. The maximum absolute atomic E-state index is 12.7. The van der Waals surface area contributed by atoms with E-state index in [1.54, 1.807) is 13.3 Å². The fourth-order valence-corrected chi connectivity index (χ4v) is 4.28. The Morgan fingerprint density at radius 2 is 2.25 bits per heavy atom. The van der Waals surface area contributed by atoms with Crippen molar-refractivity contribution >= 4 is 44.9 Å². The number of para-hydroxylation sites is 1. The molecule has 1 atom stereocenters. The minimum absolute atomic E-state index is 0.0848. The third kappa shape index (κ3) is 3.77. The molecule has 0 aliphatic heterocycles. The van der Waals surface area contributed by atoms with Crippen LogP contribution in [0.25, 0.3) is 10.9 Å². The normalized spacial score (nSPS) is 12.4. The van der Waals surface area contributed by atoms with Crippen LogP contribution in [0.3, 0.4) is 0 Å². The molecule has 8 heteroatoms. The predicted molar refractivity (Wildman–Crippen MR) is 98.2 cm³/mol. The van der Waals surface area contributed by atoms with Crippen LogP contribution in [-0.4, -0.2) is 46.5 Å². The minimum atomic E-state index is -0.232. The number of ether oxygens (including phenoxy) is 1. The smallest absolute Gasteiger partial charge is 0.206 e. The van der Waals surface area contributed by atoms with Gasteiger partial charge in [0.2, 0.25) is 5.13 Å². The van der Waals surface area contributed by atoms with E-state index >= 15 is 0 Å². The van der Waals surface area contributed by atoms with E-state index in [1.807, 2.05) is 31.2 Å². The van der Waals surface area contributed by atoms with E-state index in [2.05, 4.69) is 20.5 Å². The highest BCUT2D eigenvalue weighted by atomic mass is 32.2. The molecule has 0 saturated carbocycles. The standard InChI is InChI=1S/C16H18N4O2S2/c1-10(23-16-20-19-15(24-16)17-7-8-22-2)14(21)12-9-18-13-6-4-3-5-11(12)13/h3-6,9-10,18H,7-8H2,1-2H3,(H,17,19)/t10-/m0/s1. The summed E-state index contributed by atoms with van der Waals surface area (Å²) in [5.41, 5.74) is 1.69. The SMILES string of the molecule is COCCNc1nnc(S[C@@H](C)C(=O)c2c[nH]c3ccccc23)s1. The molecule has 0 fully saturated rings. The van der Waals surface area contributed by atoms with Gasteiger partial charge in [-0.05, 0) is 13.0 Å². The zero-order valence-electron chi connectivity index (χ0n) is 13.4. The van der Waals surface area contributed by atoms with Gasteiger partial charge in [-0.3, -0.25) is 4.79 Å². The number of thioether (sulfide) groups is 1. The van der Waals surface area contributed by atoms with Crippen molar-refractivity contribution in [3.63, 3.8) is 0 Å². The Morgan fingerprint density at radius 3 is 3.08 bits per heavy atom. The van der Waals surface area contributed by atoms with Gasteiger partial charge in [0.1, 0.15) is 0 Å². The number of carbonyl (C=O) groups excluding carboxylic acids is 1. The molecule has 126 valence electrons. The van der Waals surface area contributed by atoms with E-state index in [0.29, 0.717) is 18.7 Å². The molecule has 0 unspecified atom stereocenters. The van der Waals surface area contributed by atoms with Crippen molar-refractivity contribution in [2.75, 3.05) is 25.6 Å². The van der Waals surface area contributed by atoms with Crippen molar-refractivity contribution in [3.05, 3.63) is 36.0 Å². The van der Waals surface area contributed by atoms with E-state index in [1.165, 1.54) is 23.1 Å². The first-order valence-corrected chi connectivity index (χ1v) is 9.22. The molecule has 2 N–H and O–H groups in total. The Kier molecular flexibility index (Phi) is 5.49. The number of nitrogens with zero attached hydrogens (tertiary/aromatic N) is 2. The van der Waals surface area contributed by atoms with Crippen LogP contribution in [0.5, 0.6) is 0 Å². The highest BCUT2D eigenvalue weighted by Crippen LogP contribution is 2.31. The summed E-state index contributed by atoms with van der Waals surface area (Å²) >= 11 is 2.87. The van der Waals surface area contributed by atoms with Crippen molar-refractivity contribution in [2.24, 2.45) is 0 Å². The summed E-state index contributed by atoms with van der Waals surface area (Å²) < 4.78 is 5.76. The predicted octanol–water partition coefficient (Wildman–Crippen LogP) is 3.44. The third-order valence-electron chi connectivity index (χ3n) is 3.49. The monoisotopic (exact) mass is 362 g/mol. The van der Waals surface area contributed by atoms with E-state index in [-0.39, 0.29) is 11.0 Å². The number of aromatic amines is 1. The first-order valence-electron chi connectivity index (χ1n) is 7.52. The lowest BCUT2D eigenvalue weighted by Gasteiger charge is -2.06. The molecule has 3 rings (SSSR count). The Labute approximate surface area is 148 Å². The number of rotatable bonds is 8. The topological polar surface area (TPSA) is 79.9 Å². The Morgan fingerprint density at radius 1 is 1.42 bits per heavy atom. The number of nitrogens with one attached hydrogen (secondary N) is 2. The first kappa shape index (κ1) is 16.9. The molecule has 24 heavy (non-hydrogen) atoms. The molecular formula is C16H18N4O2S2. The van der Waals surface area contributed by atoms with Crippen LogP contribution >= 0.6 is 23.1 Å². The molecule has 0 aliphatic carbocycles. The molecule has 0 radical (unpaired) electrons. The number of Topliss-reactive ketones (excluding diaryl/α,β-unsaturated/α-hetero) is 1. The van der Waals surface area contributed by atoms with Gasteiger partial charge in [0.05, 0.1) is 11.9 Å². The minimum Gasteiger partial charge on any atom is -0.383 e. The molecule has 0 aliphatic rings. The lowest BCUT2D eigenvalue weighted by molar-refractivity contribution is 0.0995. The number of hydrogen-bond acceptors (Lipinski definition) is 7. The van der Waals surface area contributed by atoms with Crippen LogP contribution in [-0.2, 0) is 4.74 Å². The molecule has 3 aromatic rings. The van der Waals surface area contributed by atoms with Gasteiger partial charge in [-0.25, -0.2) is 0 Å². The van der Waals surface area contributed by atoms with Crippen molar-refractivity contribution in [1.29, 1.82) is 0 Å². The number of H-pyrrole nitrogens is 1.